The van der Waals surface area contributed by atoms with Crippen molar-refractivity contribution in [2.75, 3.05) is 7.11 Å². The Kier molecular flexibility index (Phi) is 8.27. The van der Waals surface area contributed by atoms with Gasteiger partial charge in [0, 0.05) is 24.5 Å². The zero-order valence-electron chi connectivity index (χ0n) is 16.5. The van der Waals surface area contributed by atoms with Crippen molar-refractivity contribution in [3.63, 3.8) is 0 Å². The molecule has 7 nitrogen and oxygen atoms in total. The van der Waals surface area contributed by atoms with E-state index in [2.05, 4.69) is 20.4 Å². The molecular weight excluding hydrogens is 358 g/mol. The van der Waals surface area contributed by atoms with Gasteiger partial charge in [-0.3, -0.25) is 9.78 Å². The van der Waals surface area contributed by atoms with E-state index in [1.54, 1.807) is 12.4 Å². The maximum absolute atomic E-state index is 12.4. The van der Waals surface area contributed by atoms with Crippen LogP contribution >= 0.6 is 0 Å². The first-order valence-corrected chi connectivity index (χ1v) is 9.20. The molecule has 0 aliphatic rings. The number of ether oxygens (including phenoxy) is 2. The van der Waals surface area contributed by atoms with E-state index in [0.29, 0.717) is 19.6 Å². The van der Waals surface area contributed by atoms with E-state index < -0.39 is 12.1 Å². The molecule has 2 N–H and O–H groups in total. The van der Waals surface area contributed by atoms with Crippen LogP contribution < -0.4 is 15.4 Å². The average molecular weight is 385 g/mol. The Morgan fingerprint density at radius 3 is 2.46 bits per heavy atom. The molecule has 0 aliphatic carbocycles. The minimum atomic E-state index is -0.630. The van der Waals surface area contributed by atoms with E-state index in [9.17, 15) is 9.59 Å². The zero-order chi connectivity index (χ0) is 20.4. The summed E-state index contributed by atoms with van der Waals surface area (Å²) in [6.45, 7) is 4.78. The van der Waals surface area contributed by atoms with E-state index in [1.165, 1.54) is 7.11 Å². The van der Waals surface area contributed by atoms with Gasteiger partial charge >= 0.3 is 6.09 Å². The number of nitrogens with one attached hydrogen (secondary N) is 2. The number of carbonyl (C=O) groups is 2. The molecule has 0 bridgehead atoms. The zero-order valence-corrected chi connectivity index (χ0v) is 16.5. The highest BCUT2D eigenvalue weighted by Crippen LogP contribution is 2.14. The van der Waals surface area contributed by atoms with Crippen molar-refractivity contribution in [2.24, 2.45) is 5.92 Å². The number of aromatic nitrogens is 1. The van der Waals surface area contributed by atoms with Crippen LogP contribution in [0.3, 0.4) is 0 Å². The molecule has 28 heavy (non-hydrogen) atoms. The molecule has 0 saturated heterocycles. The quantitative estimate of drug-likeness (QED) is 0.692. The Hall–Kier alpha value is -3.09. The van der Waals surface area contributed by atoms with Crippen molar-refractivity contribution >= 4 is 12.0 Å². The van der Waals surface area contributed by atoms with E-state index in [4.69, 9.17) is 4.74 Å². The summed E-state index contributed by atoms with van der Waals surface area (Å²) in [5.74, 6) is 0.754. The van der Waals surface area contributed by atoms with Gasteiger partial charge in [0.25, 0.3) is 0 Å². The third-order valence-electron chi connectivity index (χ3n) is 4.02. The average Bonchev–Trinajstić information content (AvgIpc) is 2.71. The topological polar surface area (TPSA) is 89.5 Å². The molecule has 1 atom stereocenters. The van der Waals surface area contributed by atoms with Crippen molar-refractivity contribution in [1.29, 1.82) is 0 Å². The lowest BCUT2D eigenvalue weighted by Crippen LogP contribution is -2.47. The standard InChI is InChI=1S/C21H27N3O4/c1-15(2)11-19(24-21(26)27-3)20(25)23-13-16-6-8-18(9-7-16)28-14-17-5-4-10-22-12-17/h4-10,12,15,19H,11,13-14H2,1-3H3,(H,23,25)(H,24,26). The number of alkyl carbamates (subject to hydrolysis) is 1. The number of hydrogen-bond donors (Lipinski definition) is 2. The molecule has 0 spiro atoms. The van der Waals surface area contributed by atoms with E-state index in [1.807, 2.05) is 50.2 Å². The molecule has 2 aromatic rings. The number of methoxy groups -OCH3 is 1. The molecule has 0 radical (unpaired) electrons. The van der Waals surface area contributed by atoms with Crippen LogP contribution in [-0.2, 0) is 22.7 Å². The van der Waals surface area contributed by atoms with Crippen LogP contribution in [0.1, 0.15) is 31.4 Å². The maximum atomic E-state index is 12.4. The molecule has 1 aromatic carbocycles. The second kappa shape index (κ2) is 10.9. The van der Waals surface area contributed by atoms with E-state index >= 15 is 0 Å². The molecule has 0 saturated carbocycles. The second-order valence-electron chi connectivity index (χ2n) is 6.83. The Bertz CT molecular complexity index is 748. The first-order chi connectivity index (χ1) is 13.5. The van der Waals surface area contributed by atoms with Crippen LogP contribution in [0.25, 0.3) is 0 Å². The predicted molar refractivity (Wildman–Crippen MR) is 106 cm³/mol. The highest BCUT2D eigenvalue weighted by atomic mass is 16.5. The number of benzene rings is 1. The molecule has 1 heterocycles. The highest BCUT2D eigenvalue weighted by molar-refractivity contribution is 5.85. The lowest BCUT2D eigenvalue weighted by Gasteiger charge is -2.19. The molecule has 0 aliphatic heterocycles. The molecule has 150 valence electrons. The van der Waals surface area contributed by atoms with E-state index in [0.717, 1.165) is 16.9 Å². The van der Waals surface area contributed by atoms with Crippen LogP contribution in [-0.4, -0.2) is 30.1 Å². The van der Waals surface area contributed by atoms with Crippen LogP contribution in [0.5, 0.6) is 5.75 Å². The van der Waals surface area contributed by atoms with Crippen molar-refractivity contribution in [3.05, 3.63) is 59.9 Å². The number of pyridine rings is 1. The summed E-state index contributed by atoms with van der Waals surface area (Å²) in [5, 5.41) is 5.43. The molecule has 7 heteroatoms. The third kappa shape index (κ3) is 7.26. The fourth-order valence-electron chi connectivity index (χ4n) is 2.57. The summed E-state index contributed by atoms with van der Waals surface area (Å²) in [6.07, 6.45) is 3.40. The lowest BCUT2D eigenvalue weighted by atomic mass is 10.0. The Labute approximate surface area is 165 Å². The Morgan fingerprint density at radius 2 is 1.86 bits per heavy atom. The molecule has 1 unspecified atom stereocenters. The predicted octanol–water partition coefficient (Wildman–Crippen LogP) is 3.05. The van der Waals surface area contributed by atoms with E-state index in [-0.39, 0.29) is 11.8 Å². The SMILES string of the molecule is COC(=O)NC(CC(C)C)C(=O)NCc1ccc(OCc2cccnc2)cc1. The van der Waals surface area contributed by atoms with Crippen molar-refractivity contribution in [1.82, 2.24) is 15.6 Å². The lowest BCUT2D eigenvalue weighted by molar-refractivity contribution is -0.123. The Morgan fingerprint density at radius 1 is 1.11 bits per heavy atom. The fraction of sp³-hybridized carbons (Fsp3) is 0.381. The van der Waals surface area contributed by atoms with Crippen molar-refractivity contribution in [3.8, 4) is 5.75 Å². The summed E-state index contributed by atoms with van der Waals surface area (Å²) in [6, 6.07) is 10.7. The highest BCUT2D eigenvalue weighted by Gasteiger charge is 2.21. The van der Waals surface area contributed by atoms with Crippen molar-refractivity contribution in [2.45, 2.75) is 39.5 Å². The smallest absolute Gasteiger partial charge is 0.407 e. The van der Waals surface area contributed by atoms with Gasteiger partial charge in [-0.2, -0.15) is 0 Å². The number of hydrogen-bond acceptors (Lipinski definition) is 5. The molecule has 0 fully saturated rings. The minimum absolute atomic E-state index is 0.240. The van der Waals surface area contributed by atoms with Crippen molar-refractivity contribution < 1.29 is 19.1 Å². The van der Waals surface area contributed by atoms with Gasteiger partial charge < -0.3 is 20.1 Å². The Balaban J connectivity index is 1.85. The molecular formula is C21H27N3O4. The second-order valence-corrected chi connectivity index (χ2v) is 6.83. The van der Waals surface area contributed by atoms with Gasteiger partial charge in [-0.25, -0.2) is 4.79 Å². The first-order valence-electron chi connectivity index (χ1n) is 9.20. The number of amides is 2. The van der Waals surface area contributed by atoms with Crippen LogP contribution in [0.4, 0.5) is 4.79 Å². The summed E-state index contributed by atoms with van der Waals surface area (Å²) >= 11 is 0. The van der Waals surface area contributed by atoms with Gasteiger partial charge in [0.15, 0.2) is 0 Å². The number of nitrogens with zero attached hydrogens (tertiary/aromatic N) is 1. The largest absolute Gasteiger partial charge is 0.489 e. The van der Waals surface area contributed by atoms with Crippen LogP contribution in [0.2, 0.25) is 0 Å². The van der Waals surface area contributed by atoms with Gasteiger partial charge in [-0.1, -0.05) is 32.0 Å². The van der Waals surface area contributed by atoms with Gasteiger partial charge in [0.05, 0.1) is 7.11 Å². The normalized spacial score (nSPS) is 11.6. The third-order valence-corrected chi connectivity index (χ3v) is 4.02. The molecule has 1 aromatic heterocycles. The molecule has 2 amide bonds. The summed E-state index contributed by atoms with van der Waals surface area (Å²) in [5.41, 5.74) is 1.93. The summed E-state index contributed by atoms with van der Waals surface area (Å²) in [4.78, 5) is 27.9. The van der Waals surface area contributed by atoms with Gasteiger partial charge in [0.1, 0.15) is 18.4 Å². The van der Waals surface area contributed by atoms with Gasteiger partial charge in [-0.15, -0.1) is 0 Å². The maximum Gasteiger partial charge on any atom is 0.407 e. The van der Waals surface area contributed by atoms with Gasteiger partial charge in [-0.05, 0) is 36.1 Å². The summed E-state index contributed by atoms with van der Waals surface area (Å²) in [7, 11) is 1.28. The van der Waals surface area contributed by atoms with Gasteiger partial charge in [0.2, 0.25) is 5.91 Å². The monoisotopic (exact) mass is 385 g/mol. The van der Waals surface area contributed by atoms with Crippen LogP contribution in [0, 0.1) is 5.92 Å². The summed E-state index contributed by atoms with van der Waals surface area (Å²) < 4.78 is 10.3. The van der Waals surface area contributed by atoms with Crippen LogP contribution in [0.15, 0.2) is 48.8 Å². The fourth-order valence-corrected chi connectivity index (χ4v) is 2.57. The molecule has 2 rings (SSSR count). The minimum Gasteiger partial charge on any atom is -0.489 e. The number of carbonyl (C=O) groups excluding carboxylic acids is 2. The number of rotatable bonds is 9. The first kappa shape index (κ1) is 21.2.